The van der Waals surface area contributed by atoms with Gasteiger partial charge in [0.2, 0.25) is 0 Å². The minimum Gasteiger partial charge on any atom is -0.465 e. The van der Waals surface area contributed by atoms with Crippen molar-refractivity contribution in [2.45, 2.75) is 5.33 Å². The van der Waals surface area contributed by atoms with Crippen molar-refractivity contribution in [3.63, 3.8) is 0 Å². The molecule has 98 valence electrons. The van der Waals surface area contributed by atoms with E-state index in [2.05, 4.69) is 15.9 Å². The zero-order valence-corrected chi connectivity index (χ0v) is 12.7. The molecule has 2 rings (SSSR count). The van der Waals surface area contributed by atoms with Crippen LogP contribution in [-0.2, 0) is 10.1 Å². The van der Waals surface area contributed by atoms with Crippen LogP contribution < -0.4 is 0 Å². The molecule has 0 saturated heterocycles. The third kappa shape index (κ3) is 3.17. The van der Waals surface area contributed by atoms with Gasteiger partial charge in [-0.05, 0) is 41.0 Å². The number of ether oxygens (including phenoxy) is 1. The molecule has 0 N–H and O–H groups in total. The third-order valence-corrected chi connectivity index (χ3v) is 3.68. The van der Waals surface area contributed by atoms with Gasteiger partial charge in [-0.3, -0.25) is 0 Å². The maximum absolute atomic E-state index is 11.5. The van der Waals surface area contributed by atoms with E-state index in [-0.39, 0.29) is 5.97 Å². The quantitative estimate of drug-likeness (QED) is 0.599. The fourth-order valence-corrected chi connectivity index (χ4v) is 2.45. The van der Waals surface area contributed by atoms with E-state index in [1.807, 2.05) is 36.4 Å². The third-order valence-electron chi connectivity index (χ3n) is 2.83. The van der Waals surface area contributed by atoms with Gasteiger partial charge < -0.3 is 4.74 Å². The summed E-state index contributed by atoms with van der Waals surface area (Å²) in [5.41, 5.74) is 3.72. The Morgan fingerprint density at radius 1 is 1.21 bits per heavy atom. The van der Waals surface area contributed by atoms with Crippen molar-refractivity contribution in [3.8, 4) is 11.1 Å². The van der Waals surface area contributed by atoms with Gasteiger partial charge in [0.1, 0.15) is 0 Å². The molecular formula is C15H12BrClO2. The van der Waals surface area contributed by atoms with Gasteiger partial charge in [-0.1, -0.05) is 45.7 Å². The van der Waals surface area contributed by atoms with Crippen molar-refractivity contribution in [3.05, 3.63) is 58.6 Å². The summed E-state index contributed by atoms with van der Waals surface area (Å²) in [5, 5.41) is 1.37. The molecule has 0 unspecified atom stereocenters. The smallest absolute Gasteiger partial charge is 0.337 e. The molecule has 0 aliphatic carbocycles. The van der Waals surface area contributed by atoms with Gasteiger partial charge in [0.25, 0.3) is 0 Å². The molecule has 19 heavy (non-hydrogen) atoms. The van der Waals surface area contributed by atoms with Crippen LogP contribution in [0.4, 0.5) is 0 Å². The van der Waals surface area contributed by atoms with Crippen LogP contribution >= 0.6 is 27.5 Å². The van der Waals surface area contributed by atoms with Crippen LogP contribution in [-0.4, -0.2) is 13.1 Å². The second kappa shape index (κ2) is 6.22. The summed E-state index contributed by atoms with van der Waals surface area (Å²) in [6.45, 7) is 0. The van der Waals surface area contributed by atoms with Crippen molar-refractivity contribution in [1.29, 1.82) is 0 Å². The Morgan fingerprint density at radius 2 is 1.89 bits per heavy atom. The predicted molar refractivity (Wildman–Crippen MR) is 80.9 cm³/mol. The van der Waals surface area contributed by atoms with Gasteiger partial charge >= 0.3 is 5.97 Å². The number of rotatable bonds is 3. The minimum atomic E-state index is -0.329. The second-order valence-corrected chi connectivity index (χ2v) is 5.00. The van der Waals surface area contributed by atoms with Gasteiger partial charge in [0, 0.05) is 10.4 Å². The maximum Gasteiger partial charge on any atom is 0.337 e. The largest absolute Gasteiger partial charge is 0.465 e. The molecule has 2 aromatic rings. The zero-order chi connectivity index (χ0) is 13.8. The fraction of sp³-hybridized carbons (Fsp3) is 0.133. The Bertz CT molecular complexity index is 594. The molecular weight excluding hydrogens is 328 g/mol. The lowest BCUT2D eigenvalue weighted by molar-refractivity contribution is 0.0600. The summed E-state index contributed by atoms with van der Waals surface area (Å²) in [4.78, 5) is 11.5. The summed E-state index contributed by atoms with van der Waals surface area (Å²) in [6, 6.07) is 13.1. The first kappa shape index (κ1) is 14.1. The van der Waals surface area contributed by atoms with Crippen LogP contribution in [0.5, 0.6) is 0 Å². The van der Waals surface area contributed by atoms with E-state index in [0.717, 1.165) is 16.7 Å². The molecule has 0 heterocycles. The number of carbonyl (C=O) groups is 1. The lowest BCUT2D eigenvalue weighted by Crippen LogP contribution is -2.02. The lowest BCUT2D eigenvalue weighted by Gasteiger charge is -2.09. The summed E-state index contributed by atoms with van der Waals surface area (Å²) in [5.74, 6) is -0.329. The number of esters is 1. The van der Waals surface area contributed by atoms with Crippen LogP contribution in [0.25, 0.3) is 11.1 Å². The van der Waals surface area contributed by atoms with Crippen LogP contribution in [0.2, 0.25) is 5.02 Å². The molecule has 0 fully saturated rings. The first-order valence-corrected chi connectivity index (χ1v) is 7.19. The molecule has 0 aliphatic heterocycles. The number of carbonyl (C=O) groups excluding carboxylic acids is 1. The van der Waals surface area contributed by atoms with Crippen LogP contribution in [0.1, 0.15) is 15.9 Å². The molecule has 0 aromatic heterocycles. The Morgan fingerprint density at radius 3 is 2.47 bits per heavy atom. The van der Waals surface area contributed by atoms with Crippen LogP contribution in [0, 0.1) is 0 Å². The van der Waals surface area contributed by atoms with Crippen molar-refractivity contribution >= 4 is 33.5 Å². The van der Waals surface area contributed by atoms with Gasteiger partial charge in [-0.25, -0.2) is 4.79 Å². The highest BCUT2D eigenvalue weighted by atomic mass is 79.9. The van der Waals surface area contributed by atoms with Crippen LogP contribution in [0.15, 0.2) is 42.5 Å². The fourth-order valence-electron chi connectivity index (χ4n) is 1.86. The zero-order valence-electron chi connectivity index (χ0n) is 10.3. The van der Waals surface area contributed by atoms with Gasteiger partial charge in [-0.15, -0.1) is 0 Å². The molecule has 0 spiro atoms. The number of halogens is 2. The number of hydrogen-bond donors (Lipinski definition) is 0. The van der Waals surface area contributed by atoms with Crippen molar-refractivity contribution in [1.82, 2.24) is 0 Å². The number of methoxy groups -OCH3 is 1. The summed E-state index contributed by atoms with van der Waals surface area (Å²) in [6.07, 6.45) is 0. The lowest BCUT2D eigenvalue weighted by atomic mass is 9.98. The summed E-state index contributed by atoms with van der Waals surface area (Å²) in [7, 11) is 1.38. The molecule has 0 aliphatic rings. The summed E-state index contributed by atoms with van der Waals surface area (Å²) < 4.78 is 4.73. The van der Waals surface area contributed by atoms with E-state index in [4.69, 9.17) is 16.3 Å². The SMILES string of the molecule is COC(=O)c1ccc(-c2ccc(Cl)cc2)c(CBr)c1. The second-order valence-electron chi connectivity index (χ2n) is 4.00. The molecule has 0 bridgehead atoms. The van der Waals surface area contributed by atoms with E-state index in [1.54, 1.807) is 6.07 Å². The Balaban J connectivity index is 2.46. The number of hydrogen-bond acceptors (Lipinski definition) is 2. The van der Waals surface area contributed by atoms with Crippen molar-refractivity contribution in [2.24, 2.45) is 0 Å². The first-order valence-electron chi connectivity index (χ1n) is 5.69. The van der Waals surface area contributed by atoms with Gasteiger partial charge in [0.05, 0.1) is 12.7 Å². The highest BCUT2D eigenvalue weighted by Crippen LogP contribution is 2.28. The predicted octanol–water partition coefficient (Wildman–Crippen LogP) is 4.69. The van der Waals surface area contributed by atoms with Crippen LogP contribution in [0.3, 0.4) is 0 Å². The standard InChI is InChI=1S/C15H12BrClO2/c1-19-15(18)11-4-7-14(12(8-11)9-16)10-2-5-13(17)6-3-10/h2-8H,9H2,1H3. The average Bonchev–Trinajstić information content (AvgIpc) is 2.46. The first-order chi connectivity index (χ1) is 9.15. The molecule has 0 amide bonds. The molecule has 2 aromatic carbocycles. The molecule has 0 radical (unpaired) electrons. The summed E-state index contributed by atoms with van der Waals surface area (Å²) >= 11 is 9.34. The Hall–Kier alpha value is -1.32. The van der Waals surface area contributed by atoms with Crippen molar-refractivity contribution < 1.29 is 9.53 Å². The van der Waals surface area contributed by atoms with E-state index in [9.17, 15) is 4.79 Å². The van der Waals surface area contributed by atoms with E-state index in [1.165, 1.54) is 7.11 Å². The van der Waals surface area contributed by atoms with E-state index < -0.39 is 0 Å². The Labute approximate surface area is 125 Å². The number of alkyl halides is 1. The van der Waals surface area contributed by atoms with E-state index >= 15 is 0 Å². The average molecular weight is 340 g/mol. The molecule has 2 nitrogen and oxygen atoms in total. The van der Waals surface area contributed by atoms with Gasteiger partial charge in [-0.2, -0.15) is 0 Å². The monoisotopic (exact) mass is 338 g/mol. The molecule has 0 saturated carbocycles. The minimum absolute atomic E-state index is 0.329. The maximum atomic E-state index is 11.5. The van der Waals surface area contributed by atoms with Gasteiger partial charge in [0.15, 0.2) is 0 Å². The Kier molecular flexibility index (Phi) is 4.61. The normalized spacial score (nSPS) is 10.3. The molecule has 4 heteroatoms. The van der Waals surface area contributed by atoms with E-state index in [0.29, 0.717) is 15.9 Å². The highest BCUT2D eigenvalue weighted by Gasteiger charge is 2.10. The highest BCUT2D eigenvalue weighted by molar-refractivity contribution is 9.08. The van der Waals surface area contributed by atoms with Crippen molar-refractivity contribution in [2.75, 3.05) is 7.11 Å². The number of benzene rings is 2. The topological polar surface area (TPSA) is 26.3 Å². The molecule has 0 atom stereocenters.